The summed E-state index contributed by atoms with van der Waals surface area (Å²) < 4.78 is 3.63. The Hall–Kier alpha value is -2.43. The lowest BCUT2D eigenvalue weighted by Crippen LogP contribution is -2.40. The van der Waals surface area contributed by atoms with Gasteiger partial charge in [-0.1, -0.05) is 0 Å². The Kier molecular flexibility index (Phi) is 7.24. The number of hydrogen-bond acceptors (Lipinski definition) is 4. The fourth-order valence-corrected chi connectivity index (χ4v) is 3.56. The van der Waals surface area contributed by atoms with Crippen molar-refractivity contribution in [2.24, 2.45) is 12.0 Å². The van der Waals surface area contributed by atoms with Gasteiger partial charge < -0.3 is 10.2 Å². The fourth-order valence-electron chi connectivity index (χ4n) is 3.56. The number of nitrogens with zero attached hydrogens (tertiary/aromatic N) is 7. The van der Waals surface area contributed by atoms with Crippen molar-refractivity contribution in [2.45, 2.75) is 25.8 Å². The van der Waals surface area contributed by atoms with E-state index in [1.807, 2.05) is 48.5 Å². The summed E-state index contributed by atoms with van der Waals surface area (Å²) in [6.45, 7) is 5.52. The minimum Gasteiger partial charge on any atom is -0.357 e. The number of aromatic nitrogens is 5. The van der Waals surface area contributed by atoms with Gasteiger partial charge in [-0.05, 0) is 42.7 Å². The third-order valence-electron chi connectivity index (χ3n) is 4.98. The van der Waals surface area contributed by atoms with Crippen molar-refractivity contribution in [3.05, 3.63) is 60.3 Å². The van der Waals surface area contributed by atoms with Crippen LogP contribution in [0.4, 0.5) is 0 Å². The minimum atomic E-state index is 0. The topological polar surface area (TPSA) is 76.2 Å². The summed E-state index contributed by atoms with van der Waals surface area (Å²) in [6.07, 6.45) is 10.7. The van der Waals surface area contributed by atoms with Gasteiger partial charge in [0.2, 0.25) is 0 Å². The van der Waals surface area contributed by atoms with E-state index in [-0.39, 0.29) is 24.0 Å². The number of nitrogens with one attached hydrogen (secondary N) is 1. The molecule has 4 rings (SSSR count). The Morgan fingerprint density at radius 1 is 1.31 bits per heavy atom. The molecule has 0 amide bonds. The predicted molar refractivity (Wildman–Crippen MR) is 124 cm³/mol. The second kappa shape index (κ2) is 9.86. The molecule has 0 aliphatic carbocycles. The van der Waals surface area contributed by atoms with Crippen LogP contribution < -0.4 is 5.32 Å². The van der Waals surface area contributed by atoms with Crippen LogP contribution in [0.5, 0.6) is 0 Å². The molecule has 1 fully saturated rings. The lowest BCUT2D eigenvalue weighted by molar-refractivity contribution is 0.486. The van der Waals surface area contributed by atoms with Crippen LogP contribution in [-0.4, -0.2) is 55.0 Å². The average Bonchev–Trinajstić information content (AvgIpc) is 3.46. The maximum atomic E-state index is 4.87. The first-order chi connectivity index (χ1) is 13.7. The molecule has 4 heterocycles. The van der Waals surface area contributed by atoms with Crippen molar-refractivity contribution in [1.82, 2.24) is 34.8 Å². The van der Waals surface area contributed by atoms with E-state index >= 15 is 0 Å². The Morgan fingerprint density at radius 2 is 2.21 bits per heavy atom. The van der Waals surface area contributed by atoms with Crippen LogP contribution in [0.2, 0.25) is 0 Å². The molecule has 0 aromatic carbocycles. The number of aryl methyl sites for hydroxylation is 1. The average molecular weight is 506 g/mol. The number of hydrogen-bond donors (Lipinski definition) is 1. The van der Waals surface area contributed by atoms with Crippen LogP contribution in [0.15, 0.2) is 54.2 Å². The molecule has 8 nitrogen and oxygen atoms in total. The quantitative estimate of drug-likeness (QED) is 0.327. The minimum absolute atomic E-state index is 0. The number of pyridine rings is 1. The number of halogens is 1. The molecule has 0 saturated carbocycles. The molecule has 9 heteroatoms. The van der Waals surface area contributed by atoms with E-state index in [2.05, 4.69) is 38.5 Å². The van der Waals surface area contributed by atoms with Crippen LogP contribution in [-0.2, 0) is 13.6 Å². The van der Waals surface area contributed by atoms with E-state index in [0.29, 0.717) is 12.5 Å². The van der Waals surface area contributed by atoms with Crippen molar-refractivity contribution in [3.8, 4) is 5.82 Å². The molecule has 1 aliphatic heterocycles. The Bertz CT molecular complexity index is 934. The molecule has 1 atom stereocenters. The lowest BCUT2D eigenvalue weighted by Gasteiger charge is -2.21. The summed E-state index contributed by atoms with van der Waals surface area (Å²) in [5.41, 5.74) is 2.41. The Morgan fingerprint density at radius 3 is 2.93 bits per heavy atom. The zero-order valence-electron chi connectivity index (χ0n) is 16.8. The molecular weight excluding hydrogens is 479 g/mol. The highest BCUT2D eigenvalue weighted by Gasteiger charge is 2.26. The van der Waals surface area contributed by atoms with Gasteiger partial charge >= 0.3 is 0 Å². The molecule has 1 aliphatic rings. The molecule has 3 aromatic heterocycles. The molecule has 0 spiro atoms. The highest BCUT2D eigenvalue weighted by molar-refractivity contribution is 14.0. The lowest BCUT2D eigenvalue weighted by atomic mass is 10.0. The smallest absolute Gasteiger partial charge is 0.194 e. The number of rotatable bonds is 5. The maximum Gasteiger partial charge on any atom is 0.194 e. The van der Waals surface area contributed by atoms with Crippen molar-refractivity contribution < 1.29 is 0 Å². The maximum absolute atomic E-state index is 4.87. The summed E-state index contributed by atoms with van der Waals surface area (Å²) in [7, 11) is 1.97. The highest BCUT2D eigenvalue weighted by atomic mass is 127. The van der Waals surface area contributed by atoms with E-state index in [1.54, 1.807) is 10.9 Å². The molecule has 0 radical (unpaired) electrons. The third-order valence-corrected chi connectivity index (χ3v) is 4.98. The van der Waals surface area contributed by atoms with E-state index < -0.39 is 0 Å². The van der Waals surface area contributed by atoms with Gasteiger partial charge in [-0.15, -0.1) is 24.0 Å². The van der Waals surface area contributed by atoms with Crippen LogP contribution in [0.3, 0.4) is 0 Å². The van der Waals surface area contributed by atoms with Crippen molar-refractivity contribution in [1.29, 1.82) is 0 Å². The van der Waals surface area contributed by atoms with Crippen molar-refractivity contribution in [2.75, 3.05) is 19.6 Å². The van der Waals surface area contributed by atoms with Gasteiger partial charge in [0, 0.05) is 57.4 Å². The first kappa shape index (κ1) is 21.3. The molecule has 0 bridgehead atoms. The molecule has 1 unspecified atom stereocenters. The zero-order chi connectivity index (χ0) is 19.3. The summed E-state index contributed by atoms with van der Waals surface area (Å²) in [4.78, 5) is 11.6. The van der Waals surface area contributed by atoms with Gasteiger partial charge in [0.15, 0.2) is 11.8 Å². The van der Waals surface area contributed by atoms with E-state index in [1.165, 1.54) is 5.56 Å². The van der Waals surface area contributed by atoms with Gasteiger partial charge in [0.25, 0.3) is 0 Å². The summed E-state index contributed by atoms with van der Waals surface area (Å²) in [5.74, 6) is 2.27. The standard InChI is InChI=1S/C20H26N8.HI/c1-3-21-20(27-10-6-17(15-27)18-13-25-26(2)14-18)23-12-16-5-8-22-19(11-16)28-9-4-7-24-28;/h4-5,7-9,11,13-14,17H,3,6,10,12,15H2,1-2H3,(H,21,23);1H. The fraction of sp³-hybridized carbons (Fsp3) is 0.400. The van der Waals surface area contributed by atoms with Crippen LogP contribution >= 0.6 is 24.0 Å². The van der Waals surface area contributed by atoms with Gasteiger partial charge in [0.05, 0.1) is 12.7 Å². The normalized spacial score (nSPS) is 16.7. The van der Waals surface area contributed by atoms with Crippen molar-refractivity contribution in [3.63, 3.8) is 0 Å². The second-order valence-electron chi connectivity index (χ2n) is 7.02. The van der Waals surface area contributed by atoms with Crippen LogP contribution in [0.1, 0.15) is 30.4 Å². The molecule has 1 N–H and O–H groups in total. The number of guanidine groups is 1. The summed E-state index contributed by atoms with van der Waals surface area (Å²) >= 11 is 0. The number of aliphatic imine (C=N–C) groups is 1. The Balaban J connectivity index is 0.00000240. The van der Waals surface area contributed by atoms with Crippen LogP contribution in [0, 0.1) is 0 Å². The molecule has 3 aromatic rings. The largest absolute Gasteiger partial charge is 0.357 e. The van der Waals surface area contributed by atoms with Gasteiger partial charge in [-0.3, -0.25) is 4.68 Å². The SMILES string of the molecule is CCNC(=NCc1ccnc(-n2cccn2)c1)N1CCC(c2cnn(C)c2)C1.I. The summed E-state index contributed by atoms with van der Waals surface area (Å²) in [6, 6.07) is 5.92. The molecular formula is C20H27IN8. The van der Waals surface area contributed by atoms with Gasteiger partial charge in [-0.25, -0.2) is 14.7 Å². The Labute approximate surface area is 188 Å². The zero-order valence-corrected chi connectivity index (χ0v) is 19.1. The van der Waals surface area contributed by atoms with E-state index in [0.717, 1.165) is 43.4 Å². The molecule has 29 heavy (non-hydrogen) atoms. The number of likely N-dealkylation sites (tertiary alicyclic amines) is 1. The summed E-state index contributed by atoms with van der Waals surface area (Å²) in [5, 5.41) is 12.0. The monoisotopic (exact) mass is 506 g/mol. The van der Waals surface area contributed by atoms with E-state index in [4.69, 9.17) is 4.99 Å². The van der Waals surface area contributed by atoms with E-state index in [9.17, 15) is 0 Å². The first-order valence-corrected chi connectivity index (χ1v) is 9.69. The highest BCUT2D eigenvalue weighted by Crippen LogP contribution is 2.26. The molecule has 154 valence electrons. The van der Waals surface area contributed by atoms with Crippen molar-refractivity contribution >= 4 is 29.9 Å². The molecule has 1 saturated heterocycles. The van der Waals surface area contributed by atoms with Crippen LogP contribution in [0.25, 0.3) is 5.82 Å². The second-order valence-corrected chi connectivity index (χ2v) is 7.02. The first-order valence-electron chi connectivity index (χ1n) is 9.69. The van der Waals surface area contributed by atoms with Gasteiger partial charge in [-0.2, -0.15) is 10.2 Å². The predicted octanol–water partition coefficient (Wildman–Crippen LogP) is 2.57. The van der Waals surface area contributed by atoms with Gasteiger partial charge in [0.1, 0.15) is 0 Å². The third kappa shape index (κ3) is 5.14.